The molecule has 1 saturated heterocycles. The zero-order chi connectivity index (χ0) is 18.3. The molecule has 4 unspecified atom stereocenters. The van der Waals surface area contributed by atoms with Crippen LogP contribution in [-0.2, 0) is 11.2 Å². The summed E-state index contributed by atoms with van der Waals surface area (Å²) in [6.07, 6.45) is 2.31. The molecule has 0 amide bonds. The monoisotopic (exact) mass is 357 g/mol. The van der Waals surface area contributed by atoms with E-state index in [9.17, 15) is 14.6 Å². The van der Waals surface area contributed by atoms with Gasteiger partial charge in [-0.2, -0.15) is 0 Å². The number of fused-ring (bicyclic) bond motifs is 3. The minimum absolute atomic E-state index is 0.0119. The summed E-state index contributed by atoms with van der Waals surface area (Å²) in [7, 11) is 0. The Morgan fingerprint density at radius 3 is 2.77 bits per heavy atom. The first kappa shape index (κ1) is 17.3. The summed E-state index contributed by atoms with van der Waals surface area (Å²) >= 11 is 0. The van der Waals surface area contributed by atoms with E-state index in [1.165, 1.54) is 17.7 Å². The first-order chi connectivity index (χ1) is 12.6. The van der Waals surface area contributed by atoms with Gasteiger partial charge in [0.25, 0.3) is 0 Å². The van der Waals surface area contributed by atoms with Crippen LogP contribution < -0.4 is 5.32 Å². The van der Waals surface area contributed by atoms with Crippen molar-refractivity contribution in [3.63, 3.8) is 0 Å². The maximum atomic E-state index is 13.9. The second-order valence-electron chi connectivity index (χ2n) is 7.21. The highest BCUT2D eigenvalue weighted by atomic mass is 19.1. The fourth-order valence-electron chi connectivity index (χ4n) is 4.21. The number of aryl methyl sites for hydroxylation is 1. The lowest BCUT2D eigenvalue weighted by Crippen LogP contribution is -2.40. The van der Waals surface area contributed by atoms with Gasteiger partial charge in [0, 0.05) is 17.2 Å². The lowest BCUT2D eigenvalue weighted by molar-refractivity contribution is -0.110. The largest absolute Gasteiger partial charge is 0.505 e. The van der Waals surface area contributed by atoms with Gasteiger partial charge in [-0.1, -0.05) is 25.1 Å². The third-order valence-corrected chi connectivity index (χ3v) is 5.65. The van der Waals surface area contributed by atoms with Crippen LogP contribution >= 0.6 is 0 Å². The summed E-state index contributed by atoms with van der Waals surface area (Å²) < 4.78 is 20.2. The van der Waals surface area contributed by atoms with Gasteiger partial charge < -0.3 is 20.3 Å². The average molecular weight is 357 g/mol. The molecule has 4 nitrogen and oxygen atoms in total. The normalized spacial score (nSPS) is 27.3. The minimum Gasteiger partial charge on any atom is -0.505 e. The van der Waals surface area contributed by atoms with Crippen molar-refractivity contribution >= 4 is 5.69 Å². The molecule has 0 radical (unpaired) electrons. The molecule has 3 N–H and O–H groups in total. The molecule has 0 spiro atoms. The summed E-state index contributed by atoms with van der Waals surface area (Å²) in [4.78, 5) is 0. The van der Waals surface area contributed by atoms with Gasteiger partial charge in [-0.05, 0) is 48.6 Å². The number of anilines is 1. The smallest absolute Gasteiger partial charge is 0.165 e. The Morgan fingerprint density at radius 2 is 2.04 bits per heavy atom. The predicted molar refractivity (Wildman–Crippen MR) is 97.7 cm³/mol. The van der Waals surface area contributed by atoms with Crippen molar-refractivity contribution in [2.24, 2.45) is 5.92 Å². The van der Waals surface area contributed by atoms with Gasteiger partial charge >= 0.3 is 0 Å². The number of phenols is 1. The van der Waals surface area contributed by atoms with Gasteiger partial charge in [0.2, 0.25) is 0 Å². The Hall–Kier alpha value is -2.11. The SMILES string of the molecule is CCc1ccc2c(c1)C1OC(CO)CCC1C(c1ccc(O)c(F)c1)N2. The molecule has 2 aromatic rings. The highest BCUT2D eigenvalue weighted by Gasteiger charge is 2.42. The van der Waals surface area contributed by atoms with Crippen LogP contribution in [-0.4, -0.2) is 22.9 Å². The standard InChI is InChI=1S/C21H24FNO3/c1-2-12-3-7-18-16(9-12)21-15(6-5-14(11-24)26-21)20(23-18)13-4-8-19(25)17(22)10-13/h3-4,7-10,14-15,20-21,23-25H,2,5-6,11H2,1H3. The number of aliphatic hydroxyl groups excluding tert-OH is 1. The van der Waals surface area contributed by atoms with E-state index >= 15 is 0 Å². The fourth-order valence-corrected chi connectivity index (χ4v) is 4.21. The molecule has 4 rings (SSSR count). The Bertz CT molecular complexity index is 810. The van der Waals surface area contributed by atoms with Crippen LogP contribution in [0.1, 0.15) is 48.6 Å². The van der Waals surface area contributed by atoms with Crippen molar-refractivity contribution in [3.8, 4) is 5.75 Å². The van der Waals surface area contributed by atoms with Crippen LogP contribution in [0.4, 0.5) is 10.1 Å². The van der Waals surface area contributed by atoms with Crippen molar-refractivity contribution in [3.05, 3.63) is 58.9 Å². The number of phenolic OH excluding ortho intramolecular Hbond substituents is 1. The number of ether oxygens (including phenoxy) is 1. The first-order valence-corrected chi connectivity index (χ1v) is 9.24. The molecule has 5 heteroatoms. The van der Waals surface area contributed by atoms with Crippen LogP contribution in [0.5, 0.6) is 5.75 Å². The lowest BCUT2D eigenvalue weighted by Gasteiger charge is -2.45. The Kier molecular flexibility index (Phi) is 4.59. The molecule has 1 fully saturated rings. The molecule has 26 heavy (non-hydrogen) atoms. The topological polar surface area (TPSA) is 61.7 Å². The van der Waals surface area contributed by atoms with Gasteiger partial charge in [-0.25, -0.2) is 4.39 Å². The fraction of sp³-hybridized carbons (Fsp3) is 0.429. The van der Waals surface area contributed by atoms with Crippen molar-refractivity contribution in [1.29, 1.82) is 0 Å². The molecule has 0 saturated carbocycles. The summed E-state index contributed by atoms with van der Waals surface area (Å²) in [5, 5.41) is 22.6. The number of benzene rings is 2. The molecule has 4 atom stereocenters. The number of aromatic hydroxyl groups is 1. The van der Waals surface area contributed by atoms with E-state index in [2.05, 4.69) is 30.4 Å². The number of aliphatic hydroxyl groups is 1. The highest BCUT2D eigenvalue weighted by Crippen LogP contribution is 2.50. The van der Waals surface area contributed by atoms with E-state index in [0.717, 1.165) is 36.1 Å². The summed E-state index contributed by atoms with van der Waals surface area (Å²) in [6.45, 7) is 2.13. The average Bonchev–Trinajstić information content (AvgIpc) is 2.68. The van der Waals surface area contributed by atoms with E-state index < -0.39 is 5.82 Å². The molecule has 2 aliphatic rings. The van der Waals surface area contributed by atoms with Crippen LogP contribution in [0.2, 0.25) is 0 Å². The number of rotatable bonds is 3. The second-order valence-corrected chi connectivity index (χ2v) is 7.21. The molecular weight excluding hydrogens is 333 g/mol. The maximum absolute atomic E-state index is 13.9. The van der Waals surface area contributed by atoms with Gasteiger partial charge in [-0.15, -0.1) is 0 Å². The van der Waals surface area contributed by atoms with Gasteiger partial charge in [0.15, 0.2) is 11.6 Å². The van der Waals surface area contributed by atoms with Crippen molar-refractivity contribution in [1.82, 2.24) is 0 Å². The molecule has 2 aromatic carbocycles. The van der Waals surface area contributed by atoms with E-state index in [1.54, 1.807) is 6.07 Å². The Labute approximate surface area is 152 Å². The van der Waals surface area contributed by atoms with E-state index in [-0.39, 0.29) is 36.5 Å². The number of hydrogen-bond donors (Lipinski definition) is 3. The van der Waals surface area contributed by atoms with Crippen LogP contribution in [0, 0.1) is 11.7 Å². The van der Waals surface area contributed by atoms with Gasteiger partial charge in [0.05, 0.1) is 24.9 Å². The van der Waals surface area contributed by atoms with Crippen molar-refractivity contribution in [2.75, 3.05) is 11.9 Å². The molecule has 0 aliphatic carbocycles. The summed E-state index contributed by atoms with van der Waals surface area (Å²) in [6, 6.07) is 10.8. The predicted octanol–water partition coefficient (Wildman–Crippen LogP) is 4.09. The maximum Gasteiger partial charge on any atom is 0.165 e. The van der Waals surface area contributed by atoms with Crippen LogP contribution in [0.25, 0.3) is 0 Å². The zero-order valence-corrected chi connectivity index (χ0v) is 14.8. The number of nitrogens with one attached hydrogen (secondary N) is 1. The third-order valence-electron chi connectivity index (χ3n) is 5.65. The Morgan fingerprint density at radius 1 is 1.19 bits per heavy atom. The molecule has 0 bridgehead atoms. The second kappa shape index (κ2) is 6.89. The minimum atomic E-state index is -0.613. The van der Waals surface area contributed by atoms with E-state index in [0.29, 0.717) is 0 Å². The first-order valence-electron chi connectivity index (χ1n) is 9.24. The van der Waals surface area contributed by atoms with Crippen LogP contribution in [0.3, 0.4) is 0 Å². The molecular formula is C21H24FNO3. The number of halogens is 1. The Balaban J connectivity index is 1.76. The van der Waals surface area contributed by atoms with Crippen molar-refractivity contribution in [2.45, 2.75) is 44.4 Å². The number of hydrogen-bond acceptors (Lipinski definition) is 4. The summed E-state index contributed by atoms with van der Waals surface area (Å²) in [5.41, 5.74) is 4.14. The lowest BCUT2D eigenvalue weighted by atomic mass is 9.76. The molecule has 138 valence electrons. The van der Waals surface area contributed by atoms with E-state index in [4.69, 9.17) is 4.74 Å². The highest BCUT2D eigenvalue weighted by molar-refractivity contribution is 5.58. The summed E-state index contributed by atoms with van der Waals surface area (Å²) in [5.74, 6) is -0.811. The quantitative estimate of drug-likeness (QED) is 0.774. The third kappa shape index (κ3) is 2.95. The van der Waals surface area contributed by atoms with Crippen molar-refractivity contribution < 1.29 is 19.3 Å². The van der Waals surface area contributed by atoms with E-state index in [1.807, 2.05) is 0 Å². The molecule has 2 heterocycles. The van der Waals surface area contributed by atoms with Gasteiger partial charge in [-0.3, -0.25) is 0 Å². The molecule has 2 aliphatic heterocycles. The molecule has 0 aromatic heterocycles. The zero-order valence-electron chi connectivity index (χ0n) is 14.8. The van der Waals surface area contributed by atoms with Crippen LogP contribution in [0.15, 0.2) is 36.4 Å². The van der Waals surface area contributed by atoms with Gasteiger partial charge in [0.1, 0.15) is 0 Å².